The molecule has 0 aliphatic carbocycles. The van der Waals surface area contributed by atoms with Crippen LogP contribution in [-0.2, 0) is 0 Å². The lowest BCUT2D eigenvalue weighted by Gasteiger charge is -2.12. The molecule has 1 amide bonds. The Bertz CT molecular complexity index is 726. The van der Waals surface area contributed by atoms with Gasteiger partial charge in [-0.1, -0.05) is 23.2 Å². The second-order valence-corrected chi connectivity index (χ2v) is 5.17. The lowest BCUT2D eigenvalue weighted by atomic mass is 10.2. The minimum Gasteiger partial charge on any atom is -0.493 e. The zero-order chi connectivity index (χ0) is 17.0. The molecule has 0 atom stereocenters. The number of halogens is 4. The fourth-order valence-electron chi connectivity index (χ4n) is 1.79. The summed E-state index contributed by atoms with van der Waals surface area (Å²) in [6.45, 7) is -3.03. The molecule has 0 fully saturated rings. The summed E-state index contributed by atoms with van der Waals surface area (Å²) in [5, 5.41) is 3.23. The fraction of sp³-hybridized carbons (Fsp3) is 0.133. The molecule has 0 aliphatic rings. The van der Waals surface area contributed by atoms with E-state index in [0.717, 1.165) is 6.07 Å². The van der Waals surface area contributed by atoms with Gasteiger partial charge in [-0.3, -0.25) is 4.79 Å². The van der Waals surface area contributed by atoms with Crippen LogP contribution in [0.1, 0.15) is 10.4 Å². The average molecular weight is 362 g/mol. The second-order valence-electron chi connectivity index (χ2n) is 4.32. The number of alkyl halides is 2. The Morgan fingerprint density at radius 3 is 2.48 bits per heavy atom. The monoisotopic (exact) mass is 361 g/mol. The van der Waals surface area contributed by atoms with Crippen molar-refractivity contribution >= 4 is 34.8 Å². The van der Waals surface area contributed by atoms with Crippen molar-refractivity contribution in [2.45, 2.75) is 6.61 Å². The van der Waals surface area contributed by atoms with Gasteiger partial charge in [-0.25, -0.2) is 0 Å². The molecule has 1 N–H and O–H groups in total. The molecule has 122 valence electrons. The van der Waals surface area contributed by atoms with Crippen LogP contribution < -0.4 is 14.8 Å². The molecule has 0 spiro atoms. The van der Waals surface area contributed by atoms with Gasteiger partial charge in [0, 0.05) is 10.6 Å². The number of rotatable bonds is 5. The third-order valence-electron chi connectivity index (χ3n) is 2.82. The van der Waals surface area contributed by atoms with E-state index in [9.17, 15) is 13.6 Å². The van der Waals surface area contributed by atoms with Crippen molar-refractivity contribution in [3.05, 3.63) is 52.0 Å². The smallest absolute Gasteiger partial charge is 0.387 e. The highest BCUT2D eigenvalue weighted by molar-refractivity contribution is 6.36. The summed E-state index contributed by atoms with van der Waals surface area (Å²) in [6, 6.07) is 8.49. The normalized spacial score (nSPS) is 10.5. The Kier molecular flexibility index (Phi) is 5.63. The summed E-state index contributed by atoms with van der Waals surface area (Å²) >= 11 is 11.7. The van der Waals surface area contributed by atoms with E-state index in [1.807, 2.05) is 0 Å². The van der Waals surface area contributed by atoms with Crippen LogP contribution in [0.25, 0.3) is 0 Å². The van der Waals surface area contributed by atoms with Crippen LogP contribution in [-0.4, -0.2) is 19.6 Å². The van der Waals surface area contributed by atoms with E-state index < -0.39 is 12.5 Å². The van der Waals surface area contributed by atoms with Crippen LogP contribution in [0.5, 0.6) is 11.5 Å². The fourth-order valence-corrected chi connectivity index (χ4v) is 2.25. The number of hydrogen-bond donors (Lipinski definition) is 1. The maximum atomic E-state index is 12.4. The first kappa shape index (κ1) is 17.3. The molecular weight excluding hydrogens is 351 g/mol. The van der Waals surface area contributed by atoms with Gasteiger partial charge in [0.1, 0.15) is 0 Å². The number of carbonyl (C=O) groups is 1. The number of ether oxygens (including phenoxy) is 2. The maximum absolute atomic E-state index is 12.4. The predicted octanol–water partition coefficient (Wildman–Crippen LogP) is 4.86. The highest BCUT2D eigenvalue weighted by atomic mass is 35.5. The molecule has 0 heterocycles. The number of amides is 1. The van der Waals surface area contributed by atoms with Crippen molar-refractivity contribution in [1.82, 2.24) is 0 Å². The van der Waals surface area contributed by atoms with E-state index in [0.29, 0.717) is 10.7 Å². The van der Waals surface area contributed by atoms with Gasteiger partial charge in [-0.05, 0) is 36.4 Å². The first-order valence-corrected chi connectivity index (χ1v) is 7.05. The summed E-state index contributed by atoms with van der Waals surface area (Å²) in [7, 11) is 1.31. The molecule has 0 unspecified atom stereocenters. The van der Waals surface area contributed by atoms with Crippen LogP contribution in [0.2, 0.25) is 10.0 Å². The van der Waals surface area contributed by atoms with Crippen molar-refractivity contribution < 1.29 is 23.0 Å². The minimum absolute atomic E-state index is 0.0892. The summed E-state index contributed by atoms with van der Waals surface area (Å²) < 4.78 is 34.0. The quantitative estimate of drug-likeness (QED) is 0.827. The van der Waals surface area contributed by atoms with Crippen molar-refractivity contribution in [2.75, 3.05) is 12.4 Å². The van der Waals surface area contributed by atoms with E-state index in [1.165, 1.54) is 31.4 Å². The van der Waals surface area contributed by atoms with Gasteiger partial charge in [-0.2, -0.15) is 8.78 Å². The molecule has 2 aromatic carbocycles. The first-order valence-electron chi connectivity index (χ1n) is 6.30. The van der Waals surface area contributed by atoms with Gasteiger partial charge < -0.3 is 14.8 Å². The minimum atomic E-state index is -3.03. The third kappa shape index (κ3) is 4.46. The highest BCUT2D eigenvalue weighted by Gasteiger charge is 2.15. The largest absolute Gasteiger partial charge is 0.493 e. The Morgan fingerprint density at radius 1 is 1.13 bits per heavy atom. The van der Waals surface area contributed by atoms with Gasteiger partial charge in [0.15, 0.2) is 11.5 Å². The summed E-state index contributed by atoms with van der Waals surface area (Å²) in [5.74, 6) is -0.695. The number of anilines is 1. The third-order valence-corrected chi connectivity index (χ3v) is 3.37. The van der Waals surface area contributed by atoms with Crippen LogP contribution in [0.4, 0.5) is 14.5 Å². The van der Waals surface area contributed by atoms with E-state index in [-0.39, 0.29) is 22.1 Å². The van der Waals surface area contributed by atoms with E-state index in [2.05, 4.69) is 10.1 Å². The van der Waals surface area contributed by atoms with E-state index in [4.69, 9.17) is 27.9 Å². The average Bonchev–Trinajstić information content (AvgIpc) is 2.49. The number of carbonyl (C=O) groups excluding carboxylic acids is 1. The molecule has 4 nitrogen and oxygen atoms in total. The molecule has 0 saturated heterocycles. The van der Waals surface area contributed by atoms with Gasteiger partial charge in [0.25, 0.3) is 5.91 Å². The van der Waals surface area contributed by atoms with Crippen LogP contribution in [0.3, 0.4) is 0 Å². The van der Waals surface area contributed by atoms with Gasteiger partial charge >= 0.3 is 6.61 Å². The van der Waals surface area contributed by atoms with Crippen LogP contribution >= 0.6 is 23.2 Å². The Morgan fingerprint density at radius 2 is 1.87 bits per heavy atom. The topological polar surface area (TPSA) is 47.6 Å². The molecule has 8 heteroatoms. The maximum Gasteiger partial charge on any atom is 0.387 e. The molecular formula is C15H11Cl2F2NO3. The van der Waals surface area contributed by atoms with Gasteiger partial charge in [0.2, 0.25) is 0 Å². The Balaban J connectivity index is 2.25. The molecule has 0 aliphatic heterocycles. The van der Waals surface area contributed by atoms with Crippen molar-refractivity contribution in [3.8, 4) is 11.5 Å². The zero-order valence-electron chi connectivity index (χ0n) is 11.8. The molecule has 23 heavy (non-hydrogen) atoms. The zero-order valence-corrected chi connectivity index (χ0v) is 13.3. The number of benzene rings is 2. The van der Waals surface area contributed by atoms with Crippen molar-refractivity contribution in [1.29, 1.82) is 0 Å². The standard InChI is InChI=1S/C15H11Cl2F2NO3/c1-22-12-5-2-8(6-13(12)23-15(18)19)14(21)20-11-4-3-9(16)7-10(11)17/h2-7,15H,1H3,(H,20,21). The second kappa shape index (κ2) is 7.48. The molecule has 0 aromatic heterocycles. The first-order chi connectivity index (χ1) is 10.9. The molecule has 0 radical (unpaired) electrons. The van der Waals surface area contributed by atoms with Crippen LogP contribution in [0, 0.1) is 0 Å². The number of nitrogens with one attached hydrogen (secondary N) is 1. The van der Waals surface area contributed by atoms with Crippen molar-refractivity contribution in [2.24, 2.45) is 0 Å². The van der Waals surface area contributed by atoms with Gasteiger partial charge in [-0.15, -0.1) is 0 Å². The van der Waals surface area contributed by atoms with E-state index in [1.54, 1.807) is 6.07 Å². The Labute approximate surface area is 140 Å². The number of methoxy groups -OCH3 is 1. The molecule has 0 bridgehead atoms. The predicted molar refractivity (Wildman–Crippen MR) is 84.0 cm³/mol. The lowest BCUT2D eigenvalue weighted by molar-refractivity contribution is -0.0512. The Hall–Kier alpha value is -2.05. The molecule has 0 saturated carbocycles. The van der Waals surface area contributed by atoms with Gasteiger partial charge in [0.05, 0.1) is 17.8 Å². The molecule has 2 aromatic rings. The summed E-state index contributed by atoms with van der Waals surface area (Å²) in [5.41, 5.74) is 0.445. The lowest BCUT2D eigenvalue weighted by Crippen LogP contribution is -2.13. The van der Waals surface area contributed by atoms with E-state index >= 15 is 0 Å². The van der Waals surface area contributed by atoms with Crippen molar-refractivity contribution in [3.63, 3.8) is 0 Å². The SMILES string of the molecule is COc1ccc(C(=O)Nc2ccc(Cl)cc2Cl)cc1OC(F)F. The summed E-state index contributed by atoms with van der Waals surface area (Å²) in [4.78, 5) is 12.2. The summed E-state index contributed by atoms with van der Waals surface area (Å²) in [6.07, 6.45) is 0. The number of hydrogen-bond acceptors (Lipinski definition) is 3. The van der Waals surface area contributed by atoms with Crippen LogP contribution in [0.15, 0.2) is 36.4 Å². The highest BCUT2D eigenvalue weighted by Crippen LogP contribution is 2.30. The molecule has 2 rings (SSSR count).